The monoisotopic (exact) mass is 271 g/mol. The van der Waals surface area contributed by atoms with Crippen LogP contribution in [0.1, 0.15) is 23.3 Å². The number of amides is 1. The van der Waals surface area contributed by atoms with Gasteiger partial charge in [-0.05, 0) is 29.0 Å². The summed E-state index contributed by atoms with van der Waals surface area (Å²) >= 11 is 1.62. The number of hydrogen-bond acceptors (Lipinski definition) is 2. The quantitative estimate of drug-likeness (QED) is 0.826. The molecular formula is C16H17NOS. The number of benzene rings is 1. The van der Waals surface area contributed by atoms with Crippen molar-refractivity contribution < 1.29 is 4.79 Å². The van der Waals surface area contributed by atoms with Gasteiger partial charge in [0.2, 0.25) is 5.91 Å². The van der Waals surface area contributed by atoms with Gasteiger partial charge >= 0.3 is 0 Å². The van der Waals surface area contributed by atoms with Crippen LogP contribution in [0, 0.1) is 0 Å². The van der Waals surface area contributed by atoms with Crippen molar-refractivity contribution in [3.8, 4) is 0 Å². The summed E-state index contributed by atoms with van der Waals surface area (Å²) in [6.45, 7) is 2.76. The Morgan fingerprint density at radius 1 is 1.26 bits per heavy atom. The van der Waals surface area contributed by atoms with E-state index in [9.17, 15) is 4.79 Å². The number of thiophene rings is 1. The van der Waals surface area contributed by atoms with Gasteiger partial charge in [0, 0.05) is 17.5 Å². The van der Waals surface area contributed by atoms with E-state index in [1.165, 1.54) is 5.56 Å². The zero-order valence-electron chi connectivity index (χ0n) is 10.9. The van der Waals surface area contributed by atoms with E-state index >= 15 is 0 Å². The van der Waals surface area contributed by atoms with E-state index in [0.29, 0.717) is 12.5 Å². The highest BCUT2D eigenvalue weighted by Crippen LogP contribution is 2.13. The van der Waals surface area contributed by atoms with Crippen molar-refractivity contribution in [2.24, 2.45) is 0 Å². The van der Waals surface area contributed by atoms with Crippen LogP contribution in [0.3, 0.4) is 0 Å². The minimum Gasteiger partial charge on any atom is -0.352 e. The molecule has 1 aromatic carbocycles. The zero-order valence-corrected chi connectivity index (χ0v) is 11.7. The highest BCUT2D eigenvalue weighted by Gasteiger charge is 2.05. The first-order valence-corrected chi connectivity index (χ1v) is 7.18. The number of carbonyl (C=O) groups is 1. The second-order valence-corrected chi connectivity index (χ2v) is 5.38. The number of rotatable bonds is 5. The molecule has 0 spiro atoms. The van der Waals surface area contributed by atoms with Gasteiger partial charge < -0.3 is 5.32 Å². The normalized spacial score (nSPS) is 12.5. The Kier molecular flexibility index (Phi) is 4.93. The summed E-state index contributed by atoms with van der Waals surface area (Å²) in [5.41, 5.74) is 1.24. The molecule has 2 nitrogen and oxygen atoms in total. The Balaban J connectivity index is 1.81. The molecule has 1 heterocycles. The summed E-state index contributed by atoms with van der Waals surface area (Å²) in [5, 5.41) is 4.92. The van der Waals surface area contributed by atoms with Crippen molar-refractivity contribution in [2.45, 2.75) is 12.8 Å². The molecule has 0 saturated heterocycles. The van der Waals surface area contributed by atoms with Gasteiger partial charge in [0.25, 0.3) is 0 Å². The fraction of sp³-hybridized carbons (Fsp3) is 0.188. The molecule has 0 radical (unpaired) electrons. The standard InChI is InChI=1S/C16H17NOS/c1-13(14-6-3-2-4-7-14)12-17-16(18)10-9-15-8-5-11-19-15/h2-11,13H,12H2,1H3,(H,17,18)/b10-9+. The SMILES string of the molecule is CC(CNC(=O)/C=C/c1cccs1)c1ccccc1. The molecule has 0 aliphatic heterocycles. The van der Waals surface area contributed by atoms with E-state index in [2.05, 4.69) is 24.4 Å². The van der Waals surface area contributed by atoms with E-state index < -0.39 is 0 Å². The number of carbonyl (C=O) groups excluding carboxylic acids is 1. The molecule has 0 fully saturated rings. The van der Waals surface area contributed by atoms with Gasteiger partial charge in [-0.3, -0.25) is 4.79 Å². The molecule has 19 heavy (non-hydrogen) atoms. The molecule has 1 atom stereocenters. The Hall–Kier alpha value is -1.87. The van der Waals surface area contributed by atoms with Crippen LogP contribution in [0.5, 0.6) is 0 Å². The summed E-state index contributed by atoms with van der Waals surface area (Å²) in [5.74, 6) is 0.275. The van der Waals surface area contributed by atoms with Gasteiger partial charge in [0.05, 0.1) is 0 Å². The lowest BCUT2D eigenvalue weighted by Gasteiger charge is -2.11. The first-order valence-electron chi connectivity index (χ1n) is 6.30. The third-order valence-corrected chi connectivity index (χ3v) is 3.73. The van der Waals surface area contributed by atoms with Crippen LogP contribution in [0.15, 0.2) is 53.9 Å². The molecule has 1 amide bonds. The second kappa shape index (κ2) is 6.90. The van der Waals surface area contributed by atoms with Gasteiger partial charge in [-0.2, -0.15) is 0 Å². The van der Waals surface area contributed by atoms with E-state index in [0.717, 1.165) is 4.88 Å². The fourth-order valence-corrected chi connectivity index (χ4v) is 2.37. The van der Waals surface area contributed by atoms with E-state index in [1.807, 2.05) is 41.8 Å². The van der Waals surface area contributed by atoms with Crippen LogP contribution in [0.25, 0.3) is 6.08 Å². The average Bonchev–Trinajstić information content (AvgIpc) is 2.96. The predicted molar refractivity (Wildman–Crippen MR) is 81.2 cm³/mol. The maximum Gasteiger partial charge on any atom is 0.244 e. The molecule has 0 bridgehead atoms. The smallest absolute Gasteiger partial charge is 0.244 e. The highest BCUT2D eigenvalue weighted by molar-refractivity contribution is 7.10. The van der Waals surface area contributed by atoms with Crippen LogP contribution in [-0.2, 0) is 4.79 Å². The van der Waals surface area contributed by atoms with Crippen LogP contribution >= 0.6 is 11.3 Å². The van der Waals surface area contributed by atoms with Gasteiger partial charge in [0.1, 0.15) is 0 Å². The first kappa shape index (κ1) is 13.6. The summed E-state index contributed by atoms with van der Waals surface area (Å²) < 4.78 is 0. The third kappa shape index (κ3) is 4.38. The van der Waals surface area contributed by atoms with Gasteiger partial charge in [0.15, 0.2) is 0 Å². The molecule has 98 valence electrons. The van der Waals surface area contributed by atoms with Crippen molar-refractivity contribution in [3.63, 3.8) is 0 Å². The van der Waals surface area contributed by atoms with Crippen molar-refractivity contribution in [3.05, 3.63) is 64.4 Å². The fourth-order valence-electron chi connectivity index (χ4n) is 1.76. The van der Waals surface area contributed by atoms with E-state index in [-0.39, 0.29) is 5.91 Å². The van der Waals surface area contributed by atoms with Crippen LogP contribution in [0.2, 0.25) is 0 Å². The lowest BCUT2D eigenvalue weighted by molar-refractivity contribution is -0.116. The second-order valence-electron chi connectivity index (χ2n) is 4.41. The average molecular weight is 271 g/mol. The minimum absolute atomic E-state index is 0.0452. The molecule has 0 aliphatic carbocycles. The summed E-state index contributed by atoms with van der Waals surface area (Å²) in [6, 6.07) is 14.2. The molecule has 1 unspecified atom stereocenters. The molecule has 1 aromatic heterocycles. The highest BCUT2D eigenvalue weighted by atomic mass is 32.1. The molecule has 2 rings (SSSR count). The zero-order chi connectivity index (χ0) is 13.5. The minimum atomic E-state index is -0.0452. The molecule has 0 saturated carbocycles. The lowest BCUT2D eigenvalue weighted by Crippen LogP contribution is -2.25. The third-order valence-electron chi connectivity index (χ3n) is 2.89. The summed E-state index contributed by atoms with van der Waals surface area (Å²) in [4.78, 5) is 12.8. The van der Waals surface area contributed by atoms with Crippen LogP contribution in [-0.4, -0.2) is 12.5 Å². The summed E-state index contributed by atoms with van der Waals surface area (Å²) in [6.07, 6.45) is 3.43. The maximum absolute atomic E-state index is 11.7. The van der Waals surface area contributed by atoms with Crippen molar-refractivity contribution in [1.29, 1.82) is 0 Å². The van der Waals surface area contributed by atoms with Crippen LogP contribution < -0.4 is 5.32 Å². The number of hydrogen-bond donors (Lipinski definition) is 1. The molecule has 2 aromatic rings. The van der Waals surface area contributed by atoms with E-state index in [4.69, 9.17) is 0 Å². The van der Waals surface area contributed by atoms with Crippen molar-refractivity contribution >= 4 is 23.3 Å². The molecule has 1 N–H and O–H groups in total. The number of nitrogens with one attached hydrogen (secondary N) is 1. The van der Waals surface area contributed by atoms with Crippen molar-refractivity contribution in [1.82, 2.24) is 5.32 Å². The van der Waals surface area contributed by atoms with Gasteiger partial charge in [-0.1, -0.05) is 43.3 Å². The Morgan fingerprint density at radius 2 is 2.05 bits per heavy atom. The van der Waals surface area contributed by atoms with Gasteiger partial charge in [-0.25, -0.2) is 0 Å². The van der Waals surface area contributed by atoms with E-state index in [1.54, 1.807) is 17.4 Å². The Morgan fingerprint density at radius 3 is 2.74 bits per heavy atom. The maximum atomic E-state index is 11.7. The summed E-state index contributed by atoms with van der Waals surface area (Å²) in [7, 11) is 0. The largest absolute Gasteiger partial charge is 0.352 e. The predicted octanol–water partition coefficient (Wildman–Crippen LogP) is 3.68. The molecular weight excluding hydrogens is 254 g/mol. The molecule has 3 heteroatoms. The molecule has 0 aliphatic rings. The topological polar surface area (TPSA) is 29.1 Å². The van der Waals surface area contributed by atoms with Gasteiger partial charge in [-0.15, -0.1) is 11.3 Å². The van der Waals surface area contributed by atoms with Crippen LogP contribution in [0.4, 0.5) is 0 Å². The Bertz CT molecular complexity index is 531. The van der Waals surface area contributed by atoms with Crippen molar-refractivity contribution in [2.75, 3.05) is 6.54 Å². The lowest BCUT2D eigenvalue weighted by atomic mass is 10.0. The Labute approximate surface area is 117 Å². The first-order chi connectivity index (χ1) is 9.25.